The first-order valence-corrected chi connectivity index (χ1v) is 27.3. The molecule has 3 aromatic heterocycles. The molecule has 0 spiro atoms. The van der Waals surface area contributed by atoms with Gasteiger partial charge in [0.15, 0.2) is 5.82 Å². The van der Waals surface area contributed by atoms with Crippen LogP contribution in [0.1, 0.15) is 49.9 Å². The molecule has 15 aromatic rings. The summed E-state index contributed by atoms with van der Waals surface area (Å²) in [7, 11) is 0. The standard InChI is InChI=1S/C74H50N4/c1-73(2)61-38-48(26-30-53(61)56-34-44-17-8-10-19-46(44)36-63(56)73)71-59-40-51(29-32-65(59)75-72(76-71)49-27-31-54-57-35-45-18-9-11-20-47(45)37-64(57)74(3,4)62(54)39-49)78-66-25-15-14-24-55(66)58-41-60-69(42-68(58)78)77(50-21-6-5-7-22-50)67-33-28-43-16-12-13-23-52(43)70(60)67/h5-42H,1-4H3. The van der Waals surface area contributed by atoms with Crippen molar-refractivity contribution in [2.24, 2.45) is 0 Å². The Labute approximate surface area is 451 Å². The van der Waals surface area contributed by atoms with Crippen LogP contribution in [-0.4, -0.2) is 19.1 Å². The Bertz CT molecular complexity index is 5150. The van der Waals surface area contributed by atoms with Crippen molar-refractivity contribution in [3.63, 3.8) is 0 Å². The molecule has 0 N–H and O–H groups in total. The highest BCUT2D eigenvalue weighted by molar-refractivity contribution is 6.25. The van der Waals surface area contributed by atoms with Crippen molar-refractivity contribution in [2.45, 2.75) is 38.5 Å². The Hall–Kier alpha value is -9.64. The molecule has 78 heavy (non-hydrogen) atoms. The monoisotopic (exact) mass is 994 g/mol. The minimum absolute atomic E-state index is 0.207. The van der Waals surface area contributed by atoms with Gasteiger partial charge in [-0.15, -0.1) is 0 Å². The lowest BCUT2D eigenvalue weighted by Gasteiger charge is -2.23. The predicted molar refractivity (Wildman–Crippen MR) is 327 cm³/mol. The largest absolute Gasteiger partial charge is 0.309 e. The lowest BCUT2D eigenvalue weighted by molar-refractivity contribution is 0.661. The van der Waals surface area contributed by atoms with Gasteiger partial charge in [-0.25, -0.2) is 9.97 Å². The molecule has 4 nitrogen and oxygen atoms in total. The van der Waals surface area contributed by atoms with E-state index in [-0.39, 0.29) is 10.8 Å². The van der Waals surface area contributed by atoms with Crippen LogP contribution < -0.4 is 0 Å². The van der Waals surface area contributed by atoms with Gasteiger partial charge in [-0.2, -0.15) is 0 Å². The van der Waals surface area contributed by atoms with Crippen molar-refractivity contribution in [1.82, 2.24) is 19.1 Å². The first-order valence-electron chi connectivity index (χ1n) is 27.3. The van der Waals surface area contributed by atoms with E-state index in [2.05, 4.69) is 267 Å². The second-order valence-electron chi connectivity index (χ2n) is 22.9. The van der Waals surface area contributed by atoms with Crippen LogP contribution in [0.25, 0.3) is 143 Å². The molecule has 2 aliphatic carbocycles. The smallest absolute Gasteiger partial charge is 0.160 e. The molecule has 0 bridgehead atoms. The number of hydrogen-bond acceptors (Lipinski definition) is 2. The third-order valence-electron chi connectivity index (χ3n) is 18.0. The number of nitrogens with zero attached hydrogens (tertiary/aromatic N) is 4. The van der Waals surface area contributed by atoms with E-state index in [1.54, 1.807) is 0 Å². The third-order valence-corrected chi connectivity index (χ3v) is 18.0. The molecule has 17 rings (SSSR count). The summed E-state index contributed by atoms with van der Waals surface area (Å²) in [5, 5.41) is 13.5. The Morgan fingerprint density at radius 2 is 0.859 bits per heavy atom. The zero-order valence-electron chi connectivity index (χ0n) is 43.7. The van der Waals surface area contributed by atoms with Crippen molar-refractivity contribution < 1.29 is 0 Å². The van der Waals surface area contributed by atoms with Crippen LogP contribution in [0.4, 0.5) is 0 Å². The molecule has 0 fully saturated rings. The molecule has 0 amide bonds. The van der Waals surface area contributed by atoms with Gasteiger partial charge >= 0.3 is 0 Å². The lowest BCUT2D eigenvalue weighted by Crippen LogP contribution is -2.15. The highest BCUT2D eigenvalue weighted by atomic mass is 15.0. The minimum Gasteiger partial charge on any atom is -0.309 e. The van der Waals surface area contributed by atoms with E-state index in [0.29, 0.717) is 0 Å². The van der Waals surface area contributed by atoms with E-state index in [0.717, 1.165) is 56.0 Å². The molecule has 0 aliphatic heterocycles. The van der Waals surface area contributed by atoms with Gasteiger partial charge in [0.05, 0.1) is 33.3 Å². The molecule has 2 aliphatic rings. The summed E-state index contributed by atoms with van der Waals surface area (Å²) in [5.74, 6) is 0.722. The van der Waals surface area contributed by atoms with Crippen molar-refractivity contribution in [3.05, 3.63) is 253 Å². The van der Waals surface area contributed by atoms with Crippen LogP contribution in [0.5, 0.6) is 0 Å². The number of hydrogen-bond donors (Lipinski definition) is 0. The molecular weight excluding hydrogens is 945 g/mol. The first kappa shape index (κ1) is 43.6. The predicted octanol–water partition coefficient (Wildman–Crippen LogP) is 19.2. The number of para-hydroxylation sites is 2. The second kappa shape index (κ2) is 15.5. The Balaban J connectivity index is 0.903. The van der Waals surface area contributed by atoms with Crippen LogP contribution in [0, 0.1) is 0 Å². The van der Waals surface area contributed by atoms with Crippen molar-refractivity contribution in [1.29, 1.82) is 0 Å². The number of aromatic nitrogens is 4. The number of benzene rings is 12. The van der Waals surface area contributed by atoms with Crippen LogP contribution >= 0.6 is 0 Å². The van der Waals surface area contributed by atoms with E-state index in [4.69, 9.17) is 9.97 Å². The maximum Gasteiger partial charge on any atom is 0.160 e. The fourth-order valence-electron chi connectivity index (χ4n) is 14.1. The normalized spacial score (nSPS) is 14.1. The summed E-state index contributed by atoms with van der Waals surface area (Å²) in [5.41, 5.74) is 20.9. The van der Waals surface area contributed by atoms with E-state index in [1.807, 2.05) is 0 Å². The number of rotatable bonds is 4. The lowest BCUT2D eigenvalue weighted by atomic mass is 9.81. The molecular formula is C74H50N4. The van der Waals surface area contributed by atoms with Crippen LogP contribution in [0.3, 0.4) is 0 Å². The highest BCUT2D eigenvalue weighted by Gasteiger charge is 2.38. The fourth-order valence-corrected chi connectivity index (χ4v) is 14.1. The number of fused-ring (bicyclic) bond motifs is 17. The zero-order chi connectivity index (χ0) is 51.8. The van der Waals surface area contributed by atoms with Gasteiger partial charge < -0.3 is 9.13 Å². The summed E-state index contributed by atoms with van der Waals surface area (Å²) >= 11 is 0. The van der Waals surface area contributed by atoms with Gasteiger partial charge in [-0.3, -0.25) is 0 Å². The SMILES string of the molecule is CC1(C)c2cc(-c3nc(-c4ccc5c(c4)C(C)(C)c4cc6ccccc6cc4-5)c4cc(-n5c6ccccc6c6cc7c8c9ccccc9ccc8n(-c8ccccc8)c7cc65)ccc4n3)ccc2-c2cc3ccccc3cc21. The fraction of sp³-hybridized carbons (Fsp3) is 0.0811. The summed E-state index contributed by atoms with van der Waals surface area (Å²) in [6.45, 7) is 9.48. The summed E-state index contributed by atoms with van der Waals surface area (Å²) in [6, 6.07) is 85.8. The van der Waals surface area contributed by atoms with Crippen LogP contribution in [0.2, 0.25) is 0 Å². The van der Waals surface area contributed by atoms with Crippen LogP contribution in [0.15, 0.2) is 231 Å². The zero-order valence-corrected chi connectivity index (χ0v) is 43.7. The van der Waals surface area contributed by atoms with Gasteiger partial charge in [0.1, 0.15) is 0 Å². The first-order chi connectivity index (χ1) is 38.2. The minimum atomic E-state index is -0.226. The Kier molecular flexibility index (Phi) is 8.66. The quantitative estimate of drug-likeness (QED) is 0.176. The second-order valence-corrected chi connectivity index (χ2v) is 22.9. The molecule has 12 aromatic carbocycles. The molecule has 4 heteroatoms. The van der Waals surface area contributed by atoms with Gasteiger partial charge in [-0.1, -0.05) is 167 Å². The molecule has 0 atom stereocenters. The topological polar surface area (TPSA) is 35.6 Å². The van der Waals surface area contributed by atoms with Crippen molar-refractivity contribution in [2.75, 3.05) is 0 Å². The molecule has 366 valence electrons. The van der Waals surface area contributed by atoms with Gasteiger partial charge in [-0.05, 0) is 168 Å². The molecule has 0 unspecified atom stereocenters. The molecule has 0 radical (unpaired) electrons. The average molecular weight is 995 g/mol. The molecule has 0 saturated heterocycles. The maximum atomic E-state index is 5.73. The van der Waals surface area contributed by atoms with E-state index >= 15 is 0 Å². The third kappa shape index (κ3) is 5.95. The van der Waals surface area contributed by atoms with Gasteiger partial charge in [0, 0.05) is 60.3 Å². The highest BCUT2D eigenvalue weighted by Crippen LogP contribution is 2.53. The van der Waals surface area contributed by atoms with Gasteiger partial charge in [0.25, 0.3) is 0 Å². The molecule has 0 saturated carbocycles. The van der Waals surface area contributed by atoms with E-state index in [1.165, 1.54) is 109 Å². The summed E-state index contributed by atoms with van der Waals surface area (Å²) < 4.78 is 4.91. The van der Waals surface area contributed by atoms with E-state index < -0.39 is 0 Å². The van der Waals surface area contributed by atoms with Crippen molar-refractivity contribution in [3.8, 4) is 56.3 Å². The van der Waals surface area contributed by atoms with Crippen LogP contribution in [-0.2, 0) is 10.8 Å². The molecule has 3 heterocycles. The van der Waals surface area contributed by atoms with Crippen molar-refractivity contribution >= 4 is 86.8 Å². The Morgan fingerprint density at radius 3 is 1.55 bits per heavy atom. The van der Waals surface area contributed by atoms with Gasteiger partial charge in [0.2, 0.25) is 0 Å². The Morgan fingerprint density at radius 1 is 0.308 bits per heavy atom. The summed E-state index contributed by atoms with van der Waals surface area (Å²) in [6.07, 6.45) is 0. The maximum absolute atomic E-state index is 5.73. The van der Waals surface area contributed by atoms with E-state index in [9.17, 15) is 0 Å². The summed E-state index contributed by atoms with van der Waals surface area (Å²) in [4.78, 5) is 11.3. The average Bonchev–Trinajstić information content (AvgIpc) is 4.27.